The molecule has 3 nitrogen and oxygen atoms in total. The highest BCUT2D eigenvalue weighted by atomic mass is 32.1. The summed E-state index contributed by atoms with van der Waals surface area (Å²) >= 11 is 1.79. The van der Waals surface area contributed by atoms with Gasteiger partial charge < -0.3 is 5.32 Å². The number of nitrogens with one attached hydrogen (secondary N) is 1. The number of fused-ring (bicyclic) bond motifs is 4. The molecule has 162 valence electrons. The summed E-state index contributed by atoms with van der Waals surface area (Å²) in [4.78, 5) is 5.17. The predicted octanol–water partition coefficient (Wildman–Crippen LogP) is 7.60. The van der Waals surface area contributed by atoms with Gasteiger partial charge in [-0.2, -0.15) is 0 Å². The fourth-order valence-corrected chi connectivity index (χ4v) is 5.71. The molecule has 0 saturated heterocycles. The standard InChI is InChI=1S/C30H21N3S/c1-3-9-20(10-4-1)25-19-26(21-11-5-2-6-12-21)32-30(31-25)33-27-14-8-7-13-23(27)24-18-29-22(15-16-34-29)17-28(24)33/h1-19,25H,(H,31,32). The molecule has 1 aliphatic heterocycles. The molecule has 1 aliphatic rings. The molecule has 2 aromatic heterocycles. The van der Waals surface area contributed by atoms with Crippen molar-refractivity contribution in [2.75, 3.05) is 0 Å². The molecule has 0 radical (unpaired) electrons. The van der Waals surface area contributed by atoms with Gasteiger partial charge in [-0.25, -0.2) is 4.99 Å². The van der Waals surface area contributed by atoms with Crippen LogP contribution in [0, 0.1) is 0 Å². The van der Waals surface area contributed by atoms with Crippen LogP contribution in [-0.4, -0.2) is 10.5 Å². The first-order valence-corrected chi connectivity index (χ1v) is 12.3. The van der Waals surface area contributed by atoms with Gasteiger partial charge in [0.05, 0.1) is 22.8 Å². The number of rotatable bonds is 2. The second kappa shape index (κ2) is 7.72. The number of nitrogens with zero attached hydrogens (tertiary/aromatic N) is 2. The van der Waals surface area contributed by atoms with Crippen LogP contribution >= 0.6 is 11.3 Å². The molecule has 34 heavy (non-hydrogen) atoms. The van der Waals surface area contributed by atoms with E-state index in [0.717, 1.165) is 22.7 Å². The van der Waals surface area contributed by atoms with E-state index < -0.39 is 0 Å². The maximum atomic E-state index is 5.17. The fourth-order valence-electron chi connectivity index (χ4n) is 4.90. The van der Waals surface area contributed by atoms with Gasteiger partial charge in [-0.3, -0.25) is 4.57 Å². The van der Waals surface area contributed by atoms with Crippen molar-refractivity contribution < 1.29 is 0 Å². The van der Waals surface area contributed by atoms with Crippen LogP contribution in [0.1, 0.15) is 17.2 Å². The van der Waals surface area contributed by atoms with Gasteiger partial charge in [-0.1, -0.05) is 78.9 Å². The van der Waals surface area contributed by atoms with E-state index in [1.54, 1.807) is 11.3 Å². The van der Waals surface area contributed by atoms with Crippen molar-refractivity contribution >= 4 is 54.9 Å². The van der Waals surface area contributed by atoms with Crippen molar-refractivity contribution in [1.29, 1.82) is 0 Å². The quantitative estimate of drug-likeness (QED) is 0.286. The number of thiophene rings is 1. The molecule has 1 atom stereocenters. The van der Waals surface area contributed by atoms with E-state index in [0.29, 0.717) is 0 Å². The smallest absolute Gasteiger partial charge is 0.209 e. The molecule has 4 aromatic carbocycles. The number of aromatic nitrogens is 1. The summed E-state index contributed by atoms with van der Waals surface area (Å²) in [7, 11) is 0. The average molecular weight is 456 g/mol. The first-order valence-electron chi connectivity index (χ1n) is 11.4. The Morgan fingerprint density at radius 1 is 0.735 bits per heavy atom. The second-order valence-corrected chi connectivity index (χ2v) is 9.51. The lowest BCUT2D eigenvalue weighted by atomic mass is 10.0. The van der Waals surface area contributed by atoms with Gasteiger partial charge >= 0.3 is 0 Å². The molecule has 0 aliphatic carbocycles. The van der Waals surface area contributed by atoms with Crippen LogP contribution in [0.4, 0.5) is 0 Å². The predicted molar refractivity (Wildman–Crippen MR) is 144 cm³/mol. The van der Waals surface area contributed by atoms with Gasteiger partial charge in [0, 0.05) is 21.0 Å². The monoisotopic (exact) mass is 455 g/mol. The Morgan fingerprint density at radius 3 is 2.35 bits per heavy atom. The zero-order chi connectivity index (χ0) is 22.5. The van der Waals surface area contributed by atoms with Crippen molar-refractivity contribution in [3.8, 4) is 0 Å². The second-order valence-electron chi connectivity index (χ2n) is 8.57. The van der Waals surface area contributed by atoms with E-state index in [4.69, 9.17) is 4.99 Å². The average Bonchev–Trinajstić information content (AvgIpc) is 3.50. The molecule has 1 unspecified atom stereocenters. The summed E-state index contributed by atoms with van der Waals surface area (Å²) < 4.78 is 3.59. The number of para-hydroxylation sites is 1. The number of hydrogen-bond donors (Lipinski definition) is 1. The van der Waals surface area contributed by atoms with Crippen molar-refractivity contribution in [3.63, 3.8) is 0 Å². The third-order valence-electron chi connectivity index (χ3n) is 6.52. The number of benzene rings is 4. The molecule has 6 aromatic rings. The Labute approximate surface area is 201 Å². The van der Waals surface area contributed by atoms with E-state index in [2.05, 4.69) is 118 Å². The van der Waals surface area contributed by atoms with Crippen LogP contribution in [0.2, 0.25) is 0 Å². The van der Waals surface area contributed by atoms with Crippen LogP contribution in [0.3, 0.4) is 0 Å². The Bertz CT molecular complexity index is 1720. The minimum Gasteiger partial charge on any atom is -0.345 e. The van der Waals surface area contributed by atoms with Crippen molar-refractivity contribution in [2.24, 2.45) is 4.99 Å². The summed E-state index contributed by atoms with van der Waals surface area (Å²) in [6.07, 6.45) is 2.22. The molecule has 3 heterocycles. The molecule has 0 fully saturated rings. The molecule has 0 spiro atoms. The van der Waals surface area contributed by atoms with Crippen molar-refractivity contribution in [2.45, 2.75) is 6.04 Å². The fraction of sp³-hybridized carbons (Fsp3) is 0.0333. The molecular weight excluding hydrogens is 434 g/mol. The Balaban J connectivity index is 1.50. The molecule has 7 rings (SSSR count). The summed E-state index contributed by atoms with van der Waals surface area (Å²) in [5.74, 6) is 0.844. The van der Waals surface area contributed by atoms with Crippen LogP contribution in [0.15, 0.2) is 120 Å². The highest BCUT2D eigenvalue weighted by molar-refractivity contribution is 7.17. The Hall–Kier alpha value is -4.15. The van der Waals surface area contributed by atoms with Gasteiger partial charge in [0.25, 0.3) is 0 Å². The zero-order valence-electron chi connectivity index (χ0n) is 18.3. The lowest BCUT2D eigenvalue weighted by Gasteiger charge is -2.25. The minimum absolute atomic E-state index is 0.0185. The van der Waals surface area contributed by atoms with E-state index in [1.807, 2.05) is 6.07 Å². The van der Waals surface area contributed by atoms with Crippen LogP contribution in [0.5, 0.6) is 0 Å². The van der Waals surface area contributed by atoms with Crippen molar-refractivity contribution in [3.05, 3.63) is 126 Å². The van der Waals surface area contributed by atoms with E-state index in [9.17, 15) is 0 Å². The molecule has 4 heteroatoms. The number of hydrogen-bond acceptors (Lipinski definition) is 3. The highest BCUT2D eigenvalue weighted by Gasteiger charge is 2.23. The van der Waals surface area contributed by atoms with Crippen LogP contribution in [0.25, 0.3) is 37.6 Å². The summed E-state index contributed by atoms with van der Waals surface area (Å²) in [5.41, 5.74) is 5.63. The normalized spacial score (nSPS) is 15.9. The zero-order valence-corrected chi connectivity index (χ0v) is 19.2. The van der Waals surface area contributed by atoms with Gasteiger partial charge in [0.1, 0.15) is 0 Å². The summed E-state index contributed by atoms with van der Waals surface area (Å²) in [6.45, 7) is 0. The Morgan fingerprint density at radius 2 is 1.50 bits per heavy atom. The maximum absolute atomic E-state index is 5.17. The maximum Gasteiger partial charge on any atom is 0.209 e. The molecular formula is C30H21N3S. The van der Waals surface area contributed by atoms with E-state index >= 15 is 0 Å². The summed E-state index contributed by atoms with van der Waals surface area (Å²) in [5, 5.41) is 9.65. The summed E-state index contributed by atoms with van der Waals surface area (Å²) in [6, 6.07) is 36.4. The molecule has 0 amide bonds. The van der Waals surface area contributed by atoms with Gasteiger partial charge in [-0.15, -0.1) is 11.3 Å². The van der Waals surface area contributed by atoms with Gasteiger partial charge in [-0.05, 0) is 46.7 Å². The molecule has 0 bridgehead atoms. The third kappa shape index (κ3) is 3.07. The largest absolute Gasteiger partial charge is 0.345 e. The molecule has 0 saturated carbocycles. The van der Waals surface area contributed by atoms with Crippen molar-refractivity contribution in [1.82, 2.24) is 9.88 Å². The minimum atomic E-state index is 0.0185. The highest BCUT2D eigenvalue weighted by Crippen LogP contribution is 2.35. The lowest BCUT2D eigenvalue weighted by molar-refractivity contribution is 0.760. The third-order valence-corrected chi connectivity index (χ3v) is 7.40. The van der Waals surface area contributed by atoms with Gasteiger partial charge in [0.2, 0.25) is 5.96 Å². The lowest BCUT2D eigenvalue weighted by Crippen LogP contribution is -2.35. The van der Waals surface area contributed by atoms with Crippen LogP contribution < -0.4 is 5.32 Å². The number of aliphatic imine (C=N–C) groups is 1. The van der Waals surface area contributed by atoms with Crippen LogP contribution in [-0.2, 0) is 0 Å². The van der Waals surface area contributed by atoms with Gasteiger partial charge in [0.15, 0.2) is 0 Å². The first kappa shape index (κ1) is 19.3. The molecule has 1 N–H and O–H groups in total. The Kier molecular flexibility index (Phi) is 4.39. The topological polar surface area (TPSA) is 29.3 Å². The SMILES string of the molecule is C1=C(c2ccccc2)N=C(n2c3ccccc3c3cc4sccc4cc32)NC1c1ccccc1. The van der Waals surface area contributed by atoms with E-state index in [-0.39, 0.29) is 6.04 Å². The first-order chi connectivity index (χ1) is 16.8. The van der Waals surface area contributed by atoms with E-state index in [1.165, 1.54) is 31.9 Å².